The number of allylic oxidation sites excluding steroid dienone is 1. The van der Waals surface area contributed by atoms with E-state index in [1.165, 1.54) is 0 Å². The van der Waals surface area contributed by atoms with Crippen LogP contribution in [0, 0.1) is 19.8 Å². The molecule has 4 aromatic carbocycles. The van der Waals surface area contributed by atoms with Crippen LogP contribution in [0.4, 0.5) is 33.4 Å². The van der Waals surface area contributed by atoms with Crippen molar-refractivity contribution in [2.45, 2.75) is 85.0 Å². The van der Waals surface area contributed by atoms with E-state index in [9.17, 15) is 9.90 Å². The zero-order valence-electron chi connectivity index (χ0n) is 42.5. The molecular weight excluding hydrogens is 921 g/mol. The monoisotopic (exact) mass is 987 g/mol. The molecule has 7 aromatic rings. The van der Waals surface area contributed by atoms with E-state index in [1.807, 2.05) is 105 Å². The minimum atomic E-state index is -0.995. The number of carbonyl (C=O) groups excluding carboxylic acids is 1. The van der Waals surface area contributed by atoms with Gasteiger partial charge in [0.05, 0.1) is 44.3 Å². The number of aliphatic hydroxyl groups is 1. The Kier molecular flexibility index (Phi) is 15.5. The van der Waals surface area contributed by atoms with Crippen molar-refractivity contribution in [3.63, 3.8) is 0 Å². The molecular formula is C57H67N10O2S2+. The van der Waals surface area contributed by atoms with Crippen LogP contribution in [-0.2, 0) is 17.4 Å². The summed E-state index contributed by atoms with van der Waals surface area (Å²) in [6, 6.07) is 36.0. The van der Waals surface area contributed by atoms with Crippen LogP contribution >= 0.6 is 22.7 Å². The smallest absolute Gasteiger partial charge is 0.323 e. The van der Waals surface area contributed by atoms with E-state index in [1.54, 1.807) is 22.7 Å². The van der Waals surface area contributed by atoms with Gasteiger partial charge in [-0.2, -0.15) is 0 Å². The Balaban J connectivity index is 1.11. The normalized spacial score (nSPS) is 15.2. The number of hydrogen-bond acceptors (Lipinski definition) is 11. The third-order valence-electron chi connectivity index (χ3n) is 12.3. The number of aryl methyl sites for hydroxylation is 2. The summed E-state index contributed by atoms with van der Waals surface area (Å²) in [5.41, 5.74) is 9.64. The van der Waals surface area contributed by atoms with Gasteiger partial charge in [0.15, 0.2) is 0 Å². The molecule has 71 heavy (non-hydrogen) atoms. The second kappa shape index (κ2) is 21.7. The summed E-state index contributed by atoms with van der Waals surface area (Å²) in [5, 5.41) is 29.2. The maximum absolute atomic E-state index is 13.1. The fraction of sp³-hybridized carbons (Fsp3) is 0.316. The number of anilines is 5. The number of nitrogens with zero attached hydrogens (tertiary/aromatic N) is 5. The molecule has 0 aliphatic carbocycles. The Labute approximate surface area is 427 Å². The first-order valence-corrected chi connectivity index (χ1v) is 25.8. The molecule has 3 aromatic heterocycles. The summed E-state index contributed by atoms with van der Waals surface area (Å²) in [6.45, 7) is 19.6. The highest BCUT2D eigenvalue weighted by Gasteiger charge is 2.34. The number of benzene rings is 4. The number of aliphatic hydroxyl groups excluding tert-OH is 1. The average molecular weight is 988 g/mol. The lowest BCUT2D eigenvalue weighted by Crippen LogP contribution is -2.45. The maximum atomic E-state index is 13.1. The molecule has 4 heterocycles. The van der Waals surface area contributed by atoms with Crippen molar-refractivity contribution in [1.29, 1.82) is 0 Å². The number of nitrogens with one attached hydrogen (secondary N) is 5. The SMILES string of the molecule is Cc1ccc(NC(=O)Nc2cccc(-c3sc(C(C)(C)C)nc3-c3cc[n+](CC(C)(C)c4nc(C5C=CN=CC5C)c(-c5cccc(NC(O)Nc6ccc(C)cc6)c5)s4)c(NCCN(C)C)c3)c2)cc1. The Morgan fingerprint density at radius 1 is 0.746 bits per heavy atom. The van der Waals surface area contributed by atoms with Gasteiger partial charge in [0.2, 0.25) is 6.35 Å². The predicted molar refractivity (Wildman–Crippen MR) is 297 cm³/mol. The second-order valence-electron chi connectivity index (χ2n) is 20.4. The predicted octanol–water partition coefficient (Wildman–Crippen LogP) is 12.5. The highest BCUT2D eigenvalue weighted by molar-refractivity contribution is 7.16. The van der Waals surface area contributed by atoms with Crippen LogP contribution in [0.15, 0.2) is 133 Å². The maximum Gasteiger partial charge on any atom is 0.323 e. The number of thiazole rings is 2. The Morgan fingerprint density at radius 3 is 2.04 bits per heavy atom. The van der Waals surface area contributed by atoms with Crippen molar-refractivity contribution in [2.75, 3.05) is 53.8 Å². The van der Waals surface area contributed by atoms with Crippen LogP contribution in [0.3, 0.4) is 0 Å². The van der Waals surface area contributed by atoms with Crippen molar-refractivity contribution in [1.82, 2.24) is 14.9 Å². The molecule has 0 radical (unpaired) electrons. The largest absolute Gasteiger partial charge is 0.357 e. The van der Waals surface area contributed by atoms with Gasteiger partial charge in [0, 0.05) is 70.6 Å². The summed E-state index contributed by atoms with van der Waals surface area (Å²) in [6.07, 6.45) is 7.22. The number of pyridine rings is 1. The zero-order valence-corrected chi connectivity index (χ0v) is 44.1. The number of aromatic nitrogens is 3. The third-order valence-corrected chi connectivity index (χ3v) is 15.3. The fourth-order valence-corrected chi connectivity index (χ4v) is 10.7. The molecule has 8 rings (SSSR count). The van der Waals surface area contributed by atoms with Gasteiger partial charge in [-0.1, -0.05) is 93.4 Å². The van der Waals surface area contributed by atoms with E-state index in [0.717, 1.165) is 94.9 Å². The first kappa shape index (κ1) is 50.7. The lowest BCUT2D eigenvalue weighted by Gasteiger charge is -2.22. The molecule has 3 atom stereocenters. The minimum Gasteiger partial charge on any atom is -0.357 e. The number of hydrogen-bond donors (Lipinski definition) is 6. The molecule has 2 amide bonds. The van der Waals surface area contributed by atoms with Crippen molar-refractivity contribution in [2.24, 2.45) is 10.9 Å². The second-order valence-corrected chi connectivity index (χ2v) is 22.4. The van der Waals surface area contributed by atoms with Crippen molar-refractivity contribution >= 4 is 63.5 Å². The number of aliphatic imine (C=N–C) groups is 1. The molecule has 368 valence electrons. The molecule has 14 heteroatoms. The van der Waals surface area contributed by atoms with Gasteiger partial charge in [0.1, 0.15) is 11.6 Å². The Hall–Kier alpha value is -6.71. The lowest BCUT2D eigenvalue weighted by molar-refractivity contribution is -0.690. The Bertz CT molecular complexity index is 3020. The average Bonchev–Trinajstić information content (AvgIpc) is 3.99. The Morgan fingerprint density at radius 2 is 1.37 bits per heavy atom. The van der Waals surface area contributed by atoms with Crippen molar-refractivity contribution in [3.8, 4) is 32.1 Å². The molecule has 0 bridgehead atoms. The van der Waals surface area contributed by atoms with E-state index in [4.69, 9.17) is 9.97 Å². The topological polar surface area (TPSA) is 143 Å². The molecule has 0 saturated heterocycles. The summed E-state index contributed by atoms with van der Waals surface area (Å²) < 4.78 is 2.30. The van der Waals surface area contributed by atoms with Crippen LogP contribution in [0.5, 0.6) is 0 Å². The first-order valence-electron chi connectivity index (χ1n) is 24.2. The third kappa shape index (κ3) is 12.8. The molecule has 0 spiro atoms. The minimum absolute atomic E-state index is 0.0431. The van der Waals surface area contributed by atoms with E-state index in [2.05, 4.69) is 139 Å². The molecule has 6 N–H and O–H groups in total. The molecule has 12 nitrogen and oxygen atoms in total. The van der Waals surface area contributed by atoms with E-state index in [-0.39, 0.29) is 23.3 Å². The first-order chi connectivity index (χ1) is 33.9. The number of rotatable bonds is 17. The van der Waals surface area contributed by atoms with Crippen molar-refractivity contribution in [3.05, 3.63) is 155 Å². The van der Waals surface area contributed by atoms with Crippen LogP contribution in [-0.4, -0.2) is 65.8 Å². The van der Waals surface area contributed by atoms with Crippen LogP contribution in [0.2, 0.25) is 0 Å². The molecule has 1 aliphatic rings. The van der Waals surface area contributed by atoms with E-state index < -0.39 is 11.8 Å². The fourth-order valence-electron chi connectivity index (χ4n) is 8.31. The van der Waals surface area contributed by atoms with Crippen LogP contribution < -0.4 is 31.2 Å². The van der Waals surface area contributed by atoms with Gasteiger partial charge < -0.3 is 31.3 Å². The van der Waals surface area contributed by atoms with E-state index >= 15 is 0 Å². The quantitative estimate of drug-likeness (QED) is 0.0391. The van der Waals surface area contributed by atoms with Gasteiger partial charge in [-0.3, -0.25) is 10.3 Å². The van der Waals surface area contributed by atoms with Gasteiger partial charge in [0.25, 0.3) is 5.82 Å². The van der Waals surface area contributed by atoms with E-state index in [0.29, 0.717) is 12.2 Å². The number of likely N-dealkylation sites (N-methyl/N-ethyl adjacent to an activating group) is 1. The van der Waals surface area contributed by atoms with Gasteiger partial charge in [-0.05, 0) is 108 Å². The van der Waals surface area contributed by atoms with Crippen LogP contribution in [0.25, 0.3) is 32.1 Å². The molecule has 1 aliphatic heterocycles. The van der Waals surface area contributed by atoms with Crippen LogP contribution in [0.1, 0.15) is 74.3 Å². The van der Waals surface area contributed by atoms with Crippen molar-refractivity contribution < 1.29 is 14.5 Å². The summed E-state index contributed by atoms with van der Waals surface area (Å²) in [7, 11) is 4.17. The lowest BCUT2D eigenvalue weighted by atomic mass is 9.88. The number of amides is 2. The molecule has 3 unspecified atom stereocenters. The van der Waals surface area contributed by atoms with Gasteiger partial charge in [-0.15, -0.1) is 22.7 Å². The zero-order chi connectivity index (χ0) is 50.5. The number of carbonyl (C=O) groups is 1. The standard InChI is InChI=1S/C57H66N10O2S2/c1-36-17-21-42(22-18-36)60-54(68)62-44-15-11-13-40(31-44)50-48(64-52(70-50)56(4,5)6)39-26-29-67(47(33-39)59-28-30-66(9)10)35-57(7,8)53-65-49(46-25-27-58-34-38(46)3)51(71-53)41-14-12-16-45(32-41)63-55(69)61-43-23-19-37(2)20-24-43/h11-27,29,31-34,38,46,55,61,63,69H,28,30,35H2,1-10H3,(H2,60,62,68)/p+1. The highest BCUT2D eigenvalue weighted by atomic mass is 32.1. The summed E-state index contributed by atoms with van der Waals surface area (Å²) >= 11 is 3.42. The van der Waals surface area contributed by atoms with Gasteiger partial charge >= 0.3 is 6.03 Å². The summed E-state index contributed by atoms with van der Waals surface area (Å²) in [5.74, 6) is 1.18. The number of urea groups is 1. The molecule has 0 saturated carbocycles. The molecule has 0 fully saturated rings. The van der Waals surface area contributed by atoms with Gasteiger partial charge in [-0.25, -0.2) is 19.3 Å². The highest BCUT2D eigenvalue weighted by Crippen LogP contribution is 2.44. The summed E-state index contributed by atoms with van der Waals surface area (Å²) in [4.78, 5) is 32.8.